The first kappa shape index (κ1) is 21.1. The Morgan fingerprint density at radius 1 is 1.13 bits per heavy atom. The van der Waals surface area contributed by atoms with Crippen molar-refractivity contribution in [1.82, 2.24) is 24.6 Å². The van der Waals surface area contributed by atoms with Crippen molar-refractivity contribution in [1.29, 1.82) is 0 Å². The first-order valence-electron chi connectivity index (χ1n) is 9.93. The van der Waals surface area contributed by atoms with Crippen LogP contribution < -0.4 is 4.72 Å². The molecular weight excluding hydrogens is 421 g/mol. The molecule has 162 valence electrons. The molecule has 4 rings (SSSR count). The normalized spacial score (nSPS) is 16.5. The zero-order valence-electron chi connectivity index (χ0n) is 16.7. The van der Waals surface area contributed by atoms with Crippen molar-refractivity contribution in [2.75, 3.05) is 19.6 Å². The number of carbonyl (C=O) groups is 1. The number of likely N-dealkylation sites (tertiary alicyclic amines) is 1. The van der Waals surface area contributed by atoms with Crippen molar-refractivity contribution >= 4 is 15.9 Å². The first-order valence-corrected chi connectivity index (χ1v) is 11.4. The van der Waals surface area contributed by atoms with E-state index < -0.39 is 20.7 Å². The number of rotatable bonds is 7. The smallest absolute Gasteiger partial charge is 0.243 e. The van der Waals surface area contributed by atoms with Gasteiger partial charge in [0.1, 0.15) is 16.4 Å². The molecule has 1 saturated heterocycles. The van der Waals surface area contributed by atoms with Gasteiger partial charge in [-0.2, -0.15) is 0 Å². The minimum Gasteiger partial charge on any atom is -0.340 e. The van der Waals surface area contributed by atoms with E-state index in [2.05, 4.69) is 15.0 Å². The lowest BCUT2D eigenvalue weighted by Crippen LogP contribution is -2.33. The van der Waals surface area contributed by atoms with Gasteiger partial charge in [0.25, 0.3) is 0 Å². The van der Waals surface area contributed by atoms with Gasteiger partial charge in [-0.05, 0) is 18.6 Å². The maximum Gasteiger partial charge on any atom is 0.243 e. The largest absolute Gasteiger partial charge is 0.340 e. The number of sulfonamides is 1. The lowest BCUT2D eigenvalue weighted by Gasteiger charge is -2.16. The monoisotopic (exact) mass is 443 g/mol. The third-order valence-electron chi connectivity index (χ3n) is 5.23. The highest BCUT2D eigenvalue weighted by Gasteiger charge is 2.28. The van der Waals surface area contributed by atoms with Crippen LogP contribution in [0.2, 0.25) is 0 Å². The summed E-state index contributed by atoms with van der Waals surface area (Å²) in [5.41, 5.74) is 1.75. The molecule has 0 saturated carbocycles. The summed E-state index contributed by atoms with van der Waals surface area (Å²) in [6, 6.07) is 14.9. The van der Waals surface area contributed by atoms with Crippen molar-refractivity contribution in [3.05, 3.63) is 66.6 Å². The molecule has 1 amide bonds. The van der Waals surface area contributed by atoms with E-state index in [9.17, 15) is 17.6 Å². The summed E-state index contributed by atoms with van der Waals surface area (Å²) in [4.78, 5) is 13.8. The van der Waals surface area contributed by atoms with E-state index in [0.717, 1.165) is 23.7 Å². The second-order valence-electron chi connectivity index (χ2n) is 7.31. The molecule has 0 aliphatic carbocycles. The van der Waals surface area contributed by atoms with Crippen LogP contribution in [0.15, 0.2) is 65.7 Å². The summed E-state index contributed by atoms with van der Waals surface area (Å²) >= 11 is 0. The van der Waals surface area contributed by atoms with Crippen molar-refractivity contribution in [3.8, 4) is 11.3 Å². The van der Waals surface area contributed by atoms with E-state index in [1.54, 1.807) is 9.58 Å². The SMILES string of the molecule is O=C(CCNS(=O)(=O)c1ccccc1F)N1CCC(n2cc(-c3ccccc3)nn2)C1. The summed E-state index contributed by atoms with van der Waals surface area (Å²) in [5, 5.41) is 8.42. The van der Waals surface area contributed by atoms with E-state index in [4.69, 9.17) is 0 Å². The average molecular weight is 444 g/mol. The molecule has 0 spiro atoms. The van der Waals surface area contributed by atoms with Crippen molar-refractivity contribution in [3.63, 3.8) is 0 Å². The fourth-order valence-electron chi connectivity index (χ4n) is 3.57. The van der Waals surface area contributed by atoms with Crippen molar-refractivity contribution in [2.45, 2.75) is 23.8 Å². The Morgan fingerprint density at radius 2 is 1.87 bits per heavy atom. The number of halogens is 1. The van der Waals surface area contributed by atoms with Crippen LogP contribution in [0.25, 0.3) is 11.3 Å². The van der Waals surface area contributed by atoms with Gasteiger partial charge in [-0.15, -0.1) is 5.10 Å². The summed E-state index contributed by atoms with van der Waals surface area (Å²) in [7, 11) is -4.01. The summed E-state index contributed by atoms with van der Waals surface area (Å²) < 4.78 is 42.2. The third-order valence-corrected chi connectivity index (χ3v) is 6.72. The molecule has 1 atom stereocenters. The van der Waals surface area contributed by atoms with E-state index >= 15 is 0 Å². The molecule has 2 aromatic carbocycles. The summed E-state index contributed by atoms with van der Waals surface area (Å²) in [6.45, 7) is 0.943. The topological polar surface area (TPSA) is 97.2 Å². The van der Waals surface area contributed by atoms with E-state index in [1.165, 1.54) is 18.2 Å². The highest BCUT2D eigenvalue weighted by molar-refractivity contribution is 7.89. The number of aromatic nitrogens is 3. The van der Waals surface area contributed by atoms with Gasteiger partial charge < -0.3 is 4.90 Å². The number of carbonyl (C=O) groups excluding carboxylic acids is 1. The van der Waals surface area contributed by atoms with Gasteiger partial charge >= 0.3 is 0 Å². The fourth-order valence-corrected chi connectivity index (χ4v) is 4.68. The summed E-state index contributed by atoms with van der Waals surface area (Å²) in [6.07, 6.45) is 2.60. The third kappa shape index (κ3) is 4.80. The minimum absolute atomic E-state index is 0.00692. The molecule has 1 unspecified atom stereocenters. The molecule has 1 aliphatic heterocycles. The molecule has 1 aromatic heterocycles. The van der Waals surface area contributed by atoms with E-state index in [-0.39, 0.29) is 24.9 Å². The molecule has 0 radical (unpaired) electrons. The molecule has 1 aliphatic rings. The van der Waals surface area contributed by atoms with Crippen LogP contribution in [0.4, 0.5) is 4.39 Å². The van der Waals surface area contributed by atoms with Crippen LogP contribution in [0, 0.1) is 5.82 Å². The van der Waals surface area contributed by atoms with Gasteiger partial charge in [-0.3, -0.25) is 4.79 Å². The predicted molar refractivity (Wildman–Crippen MR) is 112 cm³/mol. The molecule has 8 nitrogen and oxygen atoms in total. The zero-order chi connectivity index (χ0) is 21.8. The number of nitrogens with one attached hydrogen (secondary N) is 1. The van der Waals surface area contributed by atoms with Crippen LogP contribution in [-0.4, -0.2) is 53.9 Å². The highest BCUT2D eigenvalue weighted by Crippen LogP contribution is 2.24. The lowest BCUT2D eigenvalue weighted by atomic mass is 10.2. The first-order chi connectivity index (χ1) is 14.9. The maximum atomic E-state index is 13.7. The number of nitrogens with zero attached hydrogens (tertiary/aromatic N) is 4. The van der Waals surface area contributed by atoms with Gasteiger partial charge in [0.05, 0.1) is 12.2 Å². The minimum atomic E-state index is -4.01. The maximum absolute atomic E-state index is 13.7. The van der Waals surface area contributed by atoms with Gasteiger partial charge in [-0.25, -0.2) is 22.2 Å². The van der Waals surface area contributed by atoms with Crippen LogP contribution in [-0.2, 0) is 14.8 Å². The average Bonchev–Trinajstić information content (AvgIpc) is 3.44. The van der Waals surface area contributed by atoms with E-state index in [1.807, 2.05) is 36.5 Å². The van der Waals surface area contributed by atoms with Gasteiger partial charge in [0, 0.05) is 31.6 Å². The van der Waals surface area contributed by atoms with Crippen molar-refractivity contribution < 1.29 is 17.6 Å². The Hall–Kier alpha value is -3.11. The van der Waals surface area contributed by atoms with Crippen LogP contribution in [0.5, 0.6) is 0 Å². The van der Waals surface area contributed by atoms with Gasteiger partial charge in [-0.1, -0.05) is 47.7 Å². The predicted octanol–water partition coefficient (Wildman–Crippen LogP) is 2.23. The van der Waals surface area contributed by atoms with Crippen LogP contribution in [0.1, 0.15) is 18.9 Å². The lowest BCUT2D eigenvalue weighted by molar-refractivity contribution is -0.130. The van der Waals surface area contributed by atoms with Gasteiger partial charge in [0.2, 0.25) is 15.9 Å². The standard InChI is InChI=1S/C21H22FN5O3S/c22-18-8-4-5-9-20(18)31(29,30)23-12-10-21(28)26-13-11-17(14-26)27-15-19(24-25-27)16-6-2-1-3-7-16/h1-9,15,17,23H,10-14H2. The molecule has 2 heterocycles. The number of hydrogen-bond donors (Lipinski definition) is 1. The van der Waals surface area contributed by atoms with Crippen molar-refractivity contribution in [2.24, 2.45) is 0 Å². The fraction of sp³-hybridized carbons (Fsp3) is 0.286. The Balaban J connectivity index is 1.30. The second-order valence-corrected chi connectivity index (χ2v) is 9.05. The molecular formula is C21H22FN5O3S. The van der Waals surface area contributed by atoms with Crippen LogP contribution >= 0.6 is 0 Å². The second kappa shape index (κ2) is 8.94. The van der Waals surface area contributed by atoms with E-state index in [0.29, 0.717) is 13.1 Å². The highest BCUT2D eigenvalue weighted by atomic mass is 32.2. The van der Waals surface area contributed by atoms with Gasteiger partial charge in [0.15, 0.2) is 0 Å². The Labute approximate surface area is 179 Å². The molecule has 1 fully saturated rings. The Bertz CT molecular complexity index is 1170. The number of benzene rings is 2. The van der Waals surface area contributed by atoms with Crippen LogP contribution in [0.3, 0.4) is 0 Å². The molecule has 3 aromatic rings. The molecule has 31 heavy (non-hydrogen) atoms. The molecule has 10 heteroatoms. The molecule has 0 bridgehead atoms. The summed E-state index contributed by atoms with van der Waals surface area (Å²) in [5.74, 6) is -0.992. The Kier molecular flexibility index (Phi) is 6.10. The zero-order valence-corrected chi connectivity index (χ0v) is 17.5. The number of amides is 1. The number of hydrogen-bond acceptors (Lipinski definition) is 5. The quantitative estimate of drug-likeness (QED) is 0.604. The Morgan fingerprint density at radius 3 is 2.65 bits per heavy atom. The molecule has 1 N–H and O–H groups in total.